The first-order valence-electron chi connectivity index (χ1n) is 8.73. The fourth-order valence-electron chi connectivity index (χ4n) is 2.74. The third-order valence-electron chi connectivity index (χ3n) is 4.14. The van der Waals surface area contributed by atoms with Gasteiger partial charge >= 0.3 is 0 Å². The standard InChI is InChI=1S/C20H23FN2O2S.ClH/c21-17-3-1-2-16(10-17)13-25-19-6-4-15(5-7-19)12-23-20(24)11-18-14-26-9-8-22-18;/h1-7,10,18,22H,8-9,11-14H2,(H,23,24);1H. The summed E-state index contributed by atoms with van der Waals surface area (Å²) in [5.41, 5.74) is 1.80. The van der Waals surface area contributed by atoms with Gasteiger partial charge in [0.25, 0.3) is 0 Å². The van der Waals surface area contributed by atoms with Crippen LogP contribution in [0, 0.1) is 5.82 Å². The van der Waals surface area contributed by atoms with E-state index in [1.54, 1.807) is 6.07 Å². The first kappa shape index (κ1) is 21.5. The molecule has 0 radical (unpaired) electrons. The summed E-state index contributed by atoms with van der Waals surface area (Å²) in [6, 6.07) is 14.2. The Bertz CT molecular complexity index is 724. The molecule has 1 heterocycles. The van der Waals surface area contributed by atoms with Gasteiger partial charge in [-0.2, -0.15) is 11.8 Å². The molecule has 1 unspecified atom stereocenters. The average molecular weight is 411 g/mol. The Morgan fingerprint density at radius 1 is 1.22 bits per heavy atom. The maximum absolute atomic E-state index is 13.1. The molecule has 2 N–H and O–H groups in total. The fourth-order valence-corrected chi connectivity index (χ4v) is 3.69. The Labute approximate surface area is 169 Å². The molecule has 0 saturated carbocycles. The van der Waals surface area contributed by atoms with E-state index >= 15 is 0 Å². The summed E-state index contributed by atoms with van der Waals surface area (Å²) in [6.45, 7) is 1.79. The quantitative estimate of drug-likeness (QED) is 0.733. The number of carbonyl (C=O) groups is 1. The molecule has 2 aromatic carbocycles. The highest BCUT2D eigenvalue weighted by molar-refractivity contribution is 7.99. The number of carbonyl (C=O) groups excluding carboxylic acids is 1. The number of thioether (sulfide) groups is 1. The third-order valence-corrected chi connectivity index (χ3v) is 5.27. The number of hydrogen-bond donors (Lipinski definition) is 2. The summed E-state index contributed by atoms with van der Waals surface area (Å²) in [4.78, 5) is 12.0. The van der Waals surface area contributed by atoms with Gasteiger partial charge in [-0.15, -0.1) is 12.4 Å². The zero-order chi connectivity index (χ0) is 18.2. The molecule has 3 rings (SSSR count). The van der Waals surface area contributed by atoms with Gasteiger partial charge in [-0.25, -0.2) is 4.39 Å². The largest absolute Gasteiger partial charge is 0.489 e. The van der Waals surface area contributed by atoms with Crippen molar-refractivity contribution >= 4 is 30.1 Å². The smallest absolute Gasteiger partial charge is 0.221 e. The Morgan fingerprint density at radius 2 is 2.04 bits per heavy atom. The second-order valence-corrected chi connectivity index (χ2v) is 7.42. The van der Waals surface area contributed by atoms with Crippen LogP contribution in [-0.2, 0) is 17.9 Å². The van der Waals surface area contributed by atoms with Crippen molar-refractivity contribution in [2.24, 2.45) is 0 Å². The number of amides is 1. The average Bonchev–Trinajstić information content (AvgIpc) is 2.66. The van der Waals surface area contributed by atoms with Crippen molar-refractivity contribution in [3.05, 3.63) is 65.5 Å². The van der Waals surface area contributed by atoms with Crippen LogP contribution in [0.1, 0.15) is 17.5 Å². The molecule has 1 saturated heterocycles. The van der Waals surface area contributed by atoms with Gasteiger partial charge in [0.05, 0.1) is 0 Å². The molecule has 1 aliphatic heterocycles. The minimum absolute atomic E-state index is 0. The van der Waals surface area contributed by atoms with Gasteiger partial charge in [-0.05, 0) is 35.4 Å². The molecule has 1 fully saturated rings. The van der Waals surface area contributed by atoms with Gasteiger partial charge in [0.1, 0.15) is 18.2 Å². The minimum Gasteiger partial charge on any atom is -0.489 e. The Morgan fingerprint density at radius 3 is 2.74 bits per heavy atom. The number of halogens is 2. The first-order chi connectivity index (χ1) is 12.7. The topological polar surface area (TPSA) is 50.4 Å². The summed E-state index contributed by atoms with van der Waals surface area (Å²) in [7, 11) is 0. The second-order valence-electron chi connectivity index (χ2n) is 6.27. The molecule has 0 aliphatic carbocycles. The normalized spacial score (nSPS) is 16.3. The van der Waals surface area contributed by atoms with Gasteiger partial charge in [0, 0.05) is 37.1 Å². The van der Waals surface area contributed by atoms with Crippen molar-refractivity contribution in [1.82, 2.24) is 10.6 Å². The van der Waals surface area contributed by atoms with Crippen molar-refractivity contribution < 1.29 is 13.9 Å². The van der Waals surface area contributed by atoms with E-state index in [2.05, 4.69) is 10.6 Å². The Hall–Kier alpha value is -1.76. The van der Waals surface area contributed by atoms with Crippen LogP contribution in [0.5, 0.6) is 5.75 Å². The van der Waals surface area contributed by atoms with Gasteiger partial charge in [-0.1, -0.05) is 24.3 Å². The zero-order valence-corrected chi connectivity index (χ0v) is 16.6. The molecule has 4 nitrogen and oxygen atoms in total. The van der Waals surface area contributed by atoms with Crippen LogP contribution in [0.25, 0.3) is 0 Å². The lowest BCUT2D eigenvalue weighted by atomic mass is 10.2. The minimum atomic E-state index is -0.265. The van der Waals surface area contributed by atoms with Crippen LogP contribution in [0.15, 0.2) is 48.5 Å². The summed E-state index contributed by atoms with van der Waals surface area (Å²) in [6.07, 6.45) is 0.516. The summed E-state index contributed by atoms with van der Waals surface area (Å²) >= 11 is 1.89. The molecule has 1 aliphatic rings. The van der Waals surface area contributed by atoms with Crippen molar-refractivity contribution in [1.29, 1.82) is 0 Å². The number of hydrogen-bond acceptors (Lipinski definition) is 4. The van der Waals surface area contributed by atoms with E-state index in [0.717, 1.165) is 29.2 Å². The SMILES string of the molecule is Cl.O=C(CC1CSCCN1)NCc1ccc(OCc2cccc(F)c2)cc1. The molecule has 0 bridgehead atoms. The number of benzene rings is 2. The lowest BCUT2D eigenvalue weighted by Gasteiger charge is -2.22. The molecule has 7 heteroatoms. The first-order valence-corrected chi connectivity index (χ1v) is 9.88. The molecule has 0 aromatic heterocycles. The van der Waals surface area contributed by atoms with Crippen molar-refractivity contribution in [2.75, 3.05) is 18.1 Å². The molecular formula is C20H24ClFN2O2S. The van der Waals surface area contributed by atoms with Crippen LogP contribution in [-0.4, -0.2) is 30.0 Å². The van der Waals surface area contributed by atoms with Crippen LogP contribution in [0.4, 0.5) is 4.39 Å². The molecule has 27 heavy (non-hydrogen) atoms. The highest BCUT2D eigenvalue weighted by Gasteiger charge is 2.16. The molecule has 1 amide bonds. The molecular weight excluding hydrogens is 387 g/mol. The summed E-state index contributed by atoms with van der Waals surface area (Å²) < 4.78 is 18.8. The van der Waals surface area contributed by atoms with E-state index in [0.29, 0.717) is 25.3 Å². The maximum atomic E-state index is 13.1. The van der Waals surface area contributed by atoms with Crippen LogP contribution < -0.4 is 15.4 Å². The van der Waals surface area contributed by atoms with E-state index in [1.165, 1.54) is 12.1 Å². The Kier molecular flexibility index (Phi) is 8.91. The Balaban J connectivity index is 0.00000261. The monoisotopic (exact) mass is 410 g/mol. The molecule has 0 spiro atoms. The predicted molar refractivity (Wildman–Crippen MR) is 110 cm³/mol. The van der Waals surface area contributed by atoms with Crippen LogP contribution >= 0.6 is 24.2 Å². The lowest BCUT2D eigenvalue weighted by Crippen LogP contribution is -2.41. The van der Waals surface area contributed by atoms with Crippen LogP contribution in [0.3, 0.4) is 0 Å². The maximum Gasteiger partial charge on any atom is 0.221 e. The lowest BCUT2D eigenvalue weighted by molar-refractivity contribution is -0.121. The third kappa shape index (κ3) is 7.40. The van der Waals surface area contributed by atoms with Crippen molar-refractivity contribution in [3.63, 3.8) is 0 Å². The fraction of sp³-hybridized carbons (Fsp3) is 0.350. The van der Waals surface area contributed by atoms with Gasteiger partial charge in [-0.3, -0.25) is 4.79 Å². The van der Waals surface area contributed by atoms with E-state index in [4.69, 9.17) is 4.74 Å². The van der Waals surface area contributed by atoms with Gasteiger partial charge < -0.3 is 15.4 Å². The highest BCUT2D eigenvalue weighted by Crippen LogP contribution is 2.15. The molecule has 1 atom stereocenters. The van der Waals surface area contributed by atoms with E-state index < -0.39 is 0 Å². The number of rotatable bonds is 7. The van der Waals surface area contributed by atoms with Crippen molar-refractivity contribution in [3.8, 4) is 5.75 Å². The molecule has 2 aromatic rings. The van der Waals surface area contributed by atoms with E-state index in [1.807, 2.05) is 42.1 Å². The number of nitrogens with one attached hydrogen (secondary N) is 2. The van der Waals surface area contributed by atoms with Crippen LogP contribution in [0.2, 0.25) is 0 Å². The van der Waals surface area contributed by atoms with E-state index in [-0.39, 0.29) is 30.2 Å². The second kappa shape index (κ2) is 11.2. The number of ether oxygens (including phenoxy) is 1. The van der Waals surface area contributed by atoms with Gasteiger partial charge in [0.15, 0.2) is 0 Å². The van der Waals surface area contributed by atoms with Gasteiger partial charge in [0.2, 0.25) is 5.91 Å². The summed E-state index contributed by atoms with van der Waals surface area (Å²) in [5.74, 6) is 2.62. The zero-order valence-electron chi connectivity index (χ0n) is 14.9. The predicted octanol–water partition coefficient (Wildman–Crippen LogP) is 3.54. The summed E-state index contributed by atoms with van der Waals surface area (Å²) in [5, 5.41) is 6.32. The highest BCUT2D eigenvalue weighted by atomic mass is 35.5. The van der Waals surface area contributed by atoms with E-state index in [9.17, 15) is 9.18 Å². The van der Waals surface area contributed by atoms with Crippen molar-refractivity contribution in [2.45, 2.75) is 25.6 Å². The molecule has 146 valence electrons.